The first-order valence-electron chi connectivity index (χ1n) is 7.18. The van der Waals surface area contributed by atoms with Crippen LogP contribution in [0.2, 0.25) is 5.04 Å². The third kappa shape index (κ3) is 5.03. The highest BCUT2D eigenvalue weighted by molar-refractivity contribution is 6.32. The fourth-order valence-electron chi connectivity index (χ4n) is 2.19. The van der Waals surface area contributed by atoms with E-state index in [-0.39, 0.29) is 5.04 Å². The van der Waals surface area contributed by atoms with Gasteiger partial charge in [-0.05, 0) is 30.0 Å². The molecule has 0 amide bonds. The lowest BCUT2D eigenvalue weighted by atomic mass is 10.0. The highest BCUT2D eigenvalue weighted by Gasteiger charge is 2.21. The van der Waals surface area contributed by atoms with Crippen LogP contribution in [0.5, 0.6) is 5.75 Å². The Bertz CT molecular complexity index is 576. The van der Waals surface area contributed by atoms with Gasteiger partial charge < -0.3 is 9.53 Å². The SMILES string of the molecule is Cc1ccc(CC(C)(C)[Si]OCc2ccccc2O)cc1. The van der Waals surface area contributed by atoms with E-state index in [1.807, 2.05) is 18.2 Å². The number of phenolic OH excluding ortho intramolecular Hbond substituents is 1. The summed E-state index contributed by atoms with van der Waals surface area (Å²) in [6, 6.07) is 16.0. The van der Waals surface area contributed by atoms with Crippen LogP contribution in [-0.4, -0.2) is 14.9 Å². The molecule has 21 heavy (non-hydrogen) atoms. The number of benzene rings is 2. The average Bonchev–Trinajstić information content (AvgIpc) is 2.43. The van der Waals surface area contributed by atoms with E-state index >= 15 is 0 Å². The first-order valence-corrected chi connectivity index (χ1v) is 8.08. The molecule has 0 aliphatic rings. The number of hydrogen-bond acceptors (Lipinski definition) is 2. The maximum absolute atomic E-state index is 9.72. The van der Waals surface area contributed by atoms with Crippen LogP contribution in [-0.2, 0) is 17.5 Å². The Kier molecular flexibility index (Phi) is 5.20. The second-order valence-corrected chi connectivity index (χ2v) is 7.91. The Hall–Kier alpha value is -1.58. The Morgan fingerprint density at radius 1 is 1.05 bits per heavy atom. The van der Waals surface area contributed by atoms with Crippen LogP contribution in [0.25, 0.3) is 0 Å². The standard InChI is InChI=1S/C18H22O2Si/c1-14-8-10-15(11-9-14)12-18(2,3)21-20-13-16-6-4-5-7-17(16)19/h4-11,19H,12-13H2,1-3H3. The summed E-state index contributed by atoms with van der Waals surface area (Å²) >= 11 is 0. The number of aromatic hydroxyl groups is 1. The molecular formula is C18H22O2Si. The van der Waals surface area contributed by atoms with Crippen molar-refractivity contribution < 1.29 is 9.53 Å². The van der Waals surface area contributed by atoms with Crippen molar-refractivity contribution in [2.75, 3.05) is 0 Å². The summed E-state index contributed by atoms with van der Waals surface area (Å²) in [6.07, 6.45) is 0.993. The van der Waals surface area contributed by atoms with Crippen LogP contribution in [0, 0.1) is 6.92 Å². The molecule has 0 saturated heterocycles. The molecule has 0 aromatic heterocycles. The van der Waals surface area contributed by atoms with Crippen molar-refractivity contribution in [2.24, 2.45) is 0 Å². The van der Waals surface area contributed by atoms with Gasteiger partial charge in [0.2, 0.25) is 9.76 Å². The van der Waals surface area contributed by atoms with Gasteiger partial charge in [-0.3, -0.25) is 0 Å². The van der Waals surface area contributed by atoms with E-state index in [1.54, 1.807) is 6.07 Å². The first-order chi connectivity index (χ1) is 9.96. The molecule has 0 heterocycles. The zero-order valence-corrected chi connectivity index (χ0v) is 13.9. The summed E-state index contributed by atoms with van der Waals surface area (Å²) < 4.78 is 5.83. The molecule has 0 aliphatic heterocycles. The van der Waals surface area contributed by atoms with Gasteiger partial charge in [0.15, 0.2) is 0 Å². The number of rotatable bonds is 6. The molecule has 1 N–H and O–H groups in total. The van der Waals surface area contributed by atoms with Crippen molar-refractivity contribution >= 4 is 9.76 Å². The van der Waals surface area contributed by atoms with Gasteiger partial charge in [-0.2, -0.15) is 0 Å². The minimum atomic E-state index is 0.0969. The van der Waals surface area contributed by atoms with E-state index in [0.717, 1.165) is 12.0 Å². The van der Waals surface area contributed by atoms with Gasteiger partial charge in [-0.25, -0.2) is 0 Å². The molecule has 2 aromatic carbocycles. The zero-order chi connectivity index (χ0) is 15.3. The van der Waals surface area contributed by atoms with Gasteiger partial charge in [0.25, 0.3) is 0 Å². The summed E-state index contributed by atoms with van der Waals surface area (Å²) in [4.78, 5) is 0. The molecule has 0 saturated carbocycles. The zero-order valence-electron chi connectivity index (χ0n) is 12.9. The van der Waals surface area contributed by atoms with Crippen molar-refractivity contribution in [3.8, 4) is 5.75 Å². The molecule has 0 spiro atoms. The molecule has 0 atom stereocenters. The predicted molar refractivity (Wildman–Crippen MR) is 87.6 cm³/mol. The fourth-order valence-corrected chi connectivity index (χ4v) is 3.09. The molecule has 2 aromatic rings. The Morgan fingerprint density at radius 3 is 2.38 bits per heavy atom. The fraction of sp³-hybridized carbons (Fsp3) is 0.333. The van der Waals surface area contributed by atoms with Crippen LogP contribution in [0.15, 0.2) is 48.5 Å². The molecule has 0 unspecified atom stereocenters. The molecular weight excluding hydrogens is 276 g/mol. The highest BCUT2D eigenvalue weighted by Crippen LogP contribution is 2.29. The van der Waals surface area contributed by atoms with Gasteiger partial charge >= 0.3 is 0 Å². The van der Waals surface area contributed by atoms with E-state index in [0.29, 0.717) is 22.1 Å². The maximum atomic E-state index is 9.72. The minimum absolute atomic E-state index is 0.0969. The number of phenols is 1. The molecule has 0 bridgehead atoms. The first kappa shape index (κ1) is 15.8. The summed E-state index contributed by atoms with van der Waals surface area (Å²) in [5.41, 5.74) is 3.47. The van der Waals surface area contributed by atoms with Crippen LogP contribution in [0.4, 0.5) is 0 Å². The normalized spacial score (nSPS) is 11.6. The van der Waals surface area contributed by atoms with Gasteiger partial charge in [-0.1, -0.05) is 61.9 Å². The van der Waals surface area contributed by atoms with Gasteiger partial charge in [-0.15, -0.1) is 0 Å². The van der Waals surface area contributed by atoms with E-state index in [2.05, 4.69) is 45.0 Å². The molecule has 0 aliphatic carbocycles. The van der Waals surface area contributed by atoms with E-state index in [4.69, 9.17) is 4.43 Å². The Morgan fingerprint density at radius 2 is 1.71 bits per heavy atom. The second kappa shape index (κ2) is 6.92. The number of hydrogen-bond donors (Lipinski definition) is 1. The maximum Gasteiger partial charge on any atom is 0.236 e. The van der Waals surface area contributed by atoms with Crippen molar-refractivity contribution in [3.63, 3.8) is 0 Å². The van der Waals surface area contributed by atoms with Crippen LogP contribution >= 0.6 is 0 Å². The molecule has 2 rings (SSSR count). The van der Waals surface area contributed by atoms with Crippen molar-refractivity contribution in [2.45, 2.75) is 38.8 Å². The quantitative estimate of drug-likeness (QED) is 0.807. The third-order valence-corrected chi connectivity index (χ3v) is 4.35. The lowest BCUT2D eigenvalue weighted by Gasteiger charge is -2.23. The second-order valence-electron chi connectivity index (χ2n) is 6.07. The van der Waals surface area contributed by atoms with Crippen LogP contribution in [0.1, 0.15) is 30.5 Å². The van der Waals surface area contributed by atoms with Gasteiger partial charge in [0.1, 0.15) is 5.75 Å². The summed E-state index contributed by atoms with van der Waals surface area (Å²) in [7, 11) is 0.392. The lowest BCUT2D eigenvalue weighted by Crippen LogP contribution is -2.19. The Balaban J connectivity index is 1.86. The minimum Gasteiger partial charge on any atom is -0.508 e. The van der Waals surface area contributed by atoms with E-state index in [1.165, 1.54) is 11.1 Å². The van der Waals surface area contributed by atoms with E-state index in [9.17, 15) is 5.11 Å². The van der Waals surface area contributed by atoms with Gasteiger partial charge in [0.05, 0.1) is 6.61 Å². The summed E-state index contributed by atoms with van der Waals surface area (Å²) in [6.45, 7) is 7.00. The van der Waals surface area contributed by atoms with Crippen molar-refractivity contribution in [1.82, 2.24) is 0 Å². The average molecular weight is 298 g/mol. The van der Waals surface area contributed by atoms with Crippen molar-refractivity contribution in [3.05, 3.63) is 65.2 Å². The monoisotopic (exact) mass is 298 g/mol. The van der Waals surface area contributed by atoms with E-state index < -0.39 is 0 Å². The number of para-hydroxylation sites is 1. The number of aryl methyl sites for hydroxylation is 1. The molecule has 3 heteroatoms. The molecule has 2 radical (unpaired) electrons. The summed E-state index contributed by atoms with van der Waals surface area (Å²) in [5, 5.41) is 9.82. The van der Waals surface area contributed by atoms with Crippen molar-refractivity contribution in [1.29, 1.82) is 0 Å². The molecule has 2 nitrogen and oxygen atoms in total. The van der Waals surface area contributed by atoms with Crippen LogP contribution in [0.3, 0.4) is 0 Å². The largest absolute Gasteiger partial charge is 0.508 e. The molecule has 0 fully saturated rings. The Labute approximate surface area is 129 Å². The highest BCUT2D eigenvalue weighted by atomic mass is 28.2. The smallest absolute Gasteiger partial charge is 0.236 e. The summed E-state index contributed by atoms with van der Waals surface area (Å²) in [5.74, 6) is 0.304. The third-order valence-electron chi connectivity index (χ3n) is 3.33. The van der Waals surface area contributed by atoms with Gasteiger partial charge in [0, 0.05) is 5.56 Å². The lowest BCUT2D eigenvalue weighted by molar-refractivity contribution is 0.299. The topological polar surface area (TPSA) is 29.5 Å². The van der Waals surface area contributed by atoms with Crippen LogP contribution < -0.4 is 0 Å². The predicted octanol–water partition coefficient (Wildman–Crippen LogP) is 4.28. The molecule has 110 valence electrons.